The fourth-order valence-corrected chi connectivity index (χ4v) is 4.57. The van der Waals surface area contributed by atoms with Crippen LogP contribution >= 0.6 is 0 Å². The molecule has 0 aromatic heterocycles. The van der Waals surface area contributed by atoms with Gasteiger partial charge in [-0.15, -0.1) is 0 Å². The number of carbonyl (C=O) groups is 3. The van der Waals surface area contributed by atoms with Crippen LogP contribution in [-0.4, -0.2) is 46.9 Å². The molecular formula is C19H30N2O4. The molecular weight excluding hydrogens is 320 g/mol. The zero-order valence-electron chi connectivity index (χ0n) is 15.1. The van der Waals surface area contributed by atoms with Gasteiger partial charge in [0.2, 0.25) is 11.8 Å². The molecule has 6 nitrogen and oxygen atoms in total. The average molecular weight is 350 g/mol. The summed E-state index contributed by atoms with van der Waals surface area (Å²) in [5, 5.41) is 12.5. The summed E-state index contributed by atoms with van der Waals surface area (Å²) < 4.78 is 0. The highest BCUT2D eigenvalue weighted by Crippen LogP contribution is 2.34. The number of rotatable bonds is 4. The molecule has 1 unspecified atom stereocenters. The van der Waals surface area contributed by atoms with Crippen molar-refractivity contribution in [2.45, 2.75) is 70.8 Å². The van der Waals surface area contributed by atoms with Crippen molar-refractivity contribution in [3.8, 4) is 0 Å². The lowest BCUT2D eigenvalue weighted by molar-refractivity contribution is -0.147. The average Bonchev–Trinajstić information content (AvgIpc) is 3.25. The molecule has 6 heteroatoms. The first-order valence-electron chi connectivity index (χ1n) is 9.71. The minimum absolute atomic E-state index is 0.0178. The zero-order chi connectivity index (χ0) is 18.0. The number of amides is 2. The van der Waals surface area contributed by atoms with Gasteiger partial charge in [-0.1, -0.05) is 12.8 Å². The maximum absolute atomic E-state index is 12.7. The number of nitrogens with one attached hydrogen (secondary N) is 1. The van der Waals surface area contributed by atoms with E-state index in [1.165, 1.54) is 0 Å². The standard InChI is InChI=1S/C19H30N2O4/c1-19(18(24)25)10-11-21(12-19)17(23)14-6-8-15(9-7-14)20-16(22)13-4-2-3-5-13/h13-15H,2-12H2,1H3,(H,20,22)(H,24,25). The van der Waals surface area contributed by atoms with Gasteiger partial charge in [0.25, 0.3) is 0 Å². The molecule has 2 N–H and O–H groups in total. The summed E-state index contributed by atoms with van der Waals surface area (Å²) in [6, 6.07) is 0.194. The molecule has 3 aliphatic rings. The van der Waals surface area contributed by atoms with E-state index >= 15 is 0 Å². The van der Waals surface area contributed by atoms with Crippen LogP contribution in [0.3, 0.4) is 0 Å². The first-order valence-corrected chi connectivity index (χ1v) is 9.71. The molecule has 0 aromatic carbocycles. The highest BCUT2D eigenvalue weighted by molar-refractivity contribution is 5.82. The Hall–Kier alpha value is -1.59. The summed E-state index contributed by atoms with van der Waals surface area (Å²) >= 11 is 0. The summed E-state index contributed by atoms with van der Waals surface area (Å²) in [4.78, 5) is 38.0. The third kappa shape index (κ3) is 3.98. The number of nitrogens with zero attached hydrogens (tertiary/aromatic N) is 1. The van der Waals surface area contributed by atoms with Crippen molar-refractivity contribution in [3.05, 3.63) is 0 Å². The van der Waals surface area contributed by atoms with E-state index in [4.69, 9.17) is 0 Å². The Labute approximate surface area is 149 Å². The summed E-state index contributed by atoms with van der Waals surface area (Å²) in [5.41, 5.74) is -0.803. The van der Waals surface area contributed by atoms with Crippen LogP contribution in [0.2, 0.25) is 0 Å². The second-order valence-electron chi connectivity index (χ2n) is 8.41. The van der Waals surface area contributed by atoms with Gasteiger partial charge in [-0.3, -0.25) is 14.4 Å². The number of carboxylic acid groups (broad SMARTS) is 1. The van der Waals surface area contributed by atoms with Crippen molar-refractivity contribution in [2.24, 2.45) is 17.3 Å². The number of aliphatic carboxylic acids is 1. The number of hydrogen-bond acceptors (Lipinski definition) is 3. The molecule has 2 aliphatic carbocycles. The molecule has 1 saturated heterocycles. The first kappa shape index (κ1) is 18.2. The molecule has 140 valence electrons. The topological polar surface area (TPSA) is 86.7 Å². The van der Waals surface area contributed by atoms with E-state index in [1.807, 2.05) is 0 Å². The third-order valence-electron chi connectivity index (χ3n) is 6.45. The first-order chi connectivity index (χ1) is 11.9. The fourth-order valence-electron chi connectivity index (χ4n) is 4.57. The van der Waals surface area contributed by atoms with E-state index in [1.54, 1.807) is 11.8 Å². The third-order valence-corrected chi connectivity index (χ3v) is 6.45. The van der Waals surface area contributed by atoms with Crippen LogP contribution in [0.15, 0.2) is 0 Å². The molecule has 2 amide bonds. The largest absolute Gasteiger partial charge is 0.481 e. The predicted molar refractivity (Wildman–Crippen MR) is 92.8 cm³/mol. The van der Waals surface area contributed by atoms with Crippen LogP contribution < -0.4 is 5.32 Å². The Kier molecular flexibility index (Phi) is 5.35. The Morgan fingerprint density at radius 2 is 1.64 bits per heavy atom. The molecule has 25 heavy (non-hydrogen) atoms. The van der Waals surface area contributed by atoms with Gasteiger partial charge >= 0.3 is 5.97 Å². The Morgan fingerprint density at radius 3 is 2.20 bits per heavy atom. The van der Waals surface area contributed by atoms with Gasteiger partial charge in [0, 0.05) is 31.0 Å². The maximum atomic E-state index is 12.7. The summed E-state index contributed by atoms with van der Waals surface area (Å²) in [6.07, 6.45) is 8.13. The number of carboxylic acids is 1. The number of hydrogen-bond donors (Lipinski definition) is 2. The Bertz CT molecular complexity index is 536. The van der Waals surface area contributed by atoms with Crippen molar-refractivity contribution in [3.63, 3.8) is 0 Å². The van der Waals surface area contributed by atoms with Crippen molar-refractivity contribution in [1.82, 2.24) is 10.2 Å². The van der Waals surface area contributed by atoms with Gasteiger partial charge in [0.05, 0.1) is 5.41 Å². The molecule has 0 aromatic rings. The Morgan fingerprint density at radius 1 is 1.00 bits per heavy atom. The minimum Gasteiger partial charge on any atom is -0.481 e. The minimum atomic E-state index is -0.818. The van der Waals surface area contributed by atoms with Gasteiger partial charge in [-0.25, -0.2) is 0 Å². The lowest BCUT2D eigenvalue weighted by atomic mass is 9.84. The van der Waals surface area contributed by atoms with Gasteiger partial charge in [-0.05, 0) is 51.9 Å². The second kappa shape index (κ2) is 7.34. The number of carbonyl (C=O) groups excluding carboxylic acids is 2. The molecule has 0 bridgehead atoms. The van der Waals surface area contributed by atoms with Crippen molar-refractivity contribution < 1.29 is 19.5 Å². The van der Waals surface area contributed by atoms with E-state index < -0.39 is 11.4 Å². The van der Waals surface area contributed by atoms with Crippen LogP contribution in [0.1, 0.15) is 64.7 Å². The van der Waals surface area contributed by atoms with Crippen LogP contribution in [0.25, 0.3) is 0 Å². The van der Waals surface area contributed by atoms with E-state index in [0.717, 1.165) is 51.4 Å². The van der Waals surface area contributed by atoms with Crippen molar-refractivity contribution >= 4 is 17.8 Å². The lowest BCUT2D eigenvalue weighted by Gasteiger charge is -2.31. The molecule has 0 spiro atoms. The van der Waals surface area contributed by atoms with Crippen LogP contribution in [0.4, 0.5) is 0 Å². The smallest absolute Gasteiger partial charge is 0.311 e. The van der Waals surface area contributed by atoms with E-state index in [-0.39, 0.29) is 29.7 Å². The molecule has 0 radical (unpaired) electrons. The highest BCUT2D eigenvalue weighted by atomic mass is 16.4. The van der Waals surface area contributed by atoms with Crippen LogP contribution in [-0.2, 0) is 14.4 Å². The molecule has 2 saturated carbocycles. The SMILES string of the molecule is CC1(C(=O)O)CCN(C(=O)C2CCC(NC(=O)C3CCCC3)CC2)C1. The molecule has 3 rings (SSSR count). The van der Waals surface area contributed by atoms with Crippen LogP contribution in [0, 0.1) is 17.3 Å². The highest BCUT2D eigenvalue weighted by Gasteiger charge is 2.43. The maximum Gasteiger partial charge on any atom is 0.311 e. The van der Waals surface area contributed by atoms with Crippen molar-refractivity contribution in [2.75, 3.05) is 13.1 Å². The monoisotopic (exact) mass is 350 g/mol. The molecule has 3 fully saturated rings. The lowest BCUT2D eigenvalue weighted by Crippen LogP contribution is -2.43. The number of likely N-dealkylation sites (tertiary alicyclic amines) is 1. The van der Waals surface area contributed by atoms with Crippen LogP contribution in [0.5, 0.6) is 0 Å². The summed E-state index contributed by atoms with van der Waals surface area (Å²) in [7, 11) is 0. The summed E-state index contributed by atoms with van der Waals surface area (Å²) in [6.45, 7) is 2.58. The molecule has 1 aliphatic heterocycles. The zero-order valence-corrected chi connectivity index (χ0v) is 15.1. The van der Waals surface area contributed by atoms with Gasteiger partial charge in [-0.2, -0.15) is 0 Å². The molecule has 1 atom stereocenters. The molecule has 1 heterocycles. The fraction of sp³-hybridized carbons (Fsp3) is 0.842. The van der Waals surface area contributed by atoms with Gasteiger partial charge in [0.1, 0.15) is 0 Å². The van der Waals surface area contributed by atoms with Gasteiger partial charge in [0.15, 0.2) is 0 Å². The predicted octanol–water partition coefficient (Wildman–Crippen LogP) is 2.17. The van der Waals surface area contributed by atoms with E-state index in [9.17, 15) is 19.5 Å². The van der Waals surface area contributed by atoms with E-state index in [0.29, 0.717) is 19.5 Å². The van der Waals surface area contributed by atoms with Gasteiger partial charge < -0.3 is 15.3 Å². The normalized spacial score (nSPS) is 33.4. The Balaban J connectivity index is 1.45. The summed E-state index contributed by atoms with van der Waals surface area (Å²) in [5.74, 6) is -0.343. The van der Waals surface area contributed by atoms with E-state index in [2.05, 4.69) is 5.32 Å². The van der Waals surface area contributed by atoms with Crippen molar-refractivity contribution in [1.29, 1.82) is 0 Å². The quantitative estimate of drug-likeness (QED) is 0.813. The second-order valence-corrected chi connectivity index (χ2v) is 8.41.